The van der Waals surface area contributed by atoms with E-state index in [1.165, 1.54) is 0 Å². The number of carbonyl (C=O) groups is 2. The van der Waals surface area contributed by atoms with Crippen LogP contribution in [0, 0.1) is 0 Å². The summed E-state index contributed by atoms with van der Waals surface area (Å²) in [5.41, 5.74) is 4.51. The fourth-order valence-corrected chi connectivity index (χ4v) is 4.20. The Labute approximate surface area is 213 Å². The lowest BCUT2D eigenvalue weighted by Gasteiger charge is -2.17. The van der Waals surface area contributed by atoms with Crippen LogP contribution in [0.1, 0.15) is 50.2 Å². The SMILES string of the molecule is CCNC(=NCCCC[C@H](NC(=O)OCC1c2ccccc2-c2ccccc21)C(=O)O)NCC.Cl. The second kappa shape index (κ2) is 14.2. The molecule has 0 saturated heterocycles. The molecule has 35 heavy (non-hydrogen) atoms. The molecule has 8 nitrogen and oxygen atoms in total. The van der Waals surface area contributed by atoms with Gasteiger partial charge in [0.2, 0.25) is 0 Å². The van der Waals surface area contributed by atoms with Crippen LogP contribution in [0.3, 0.4) is 0 Å². The highest BCUT2D eigenvalue weighted by Crippen LogP contribution is 2.44. The molecule has 0 radical (unpaired) electrons. The van der Waals surface area contributed by atoms with Crippen molar-refractivity contribution in [2.75, 3.05) is 26.2 Å². The molecule has 0 aliphatic heterocycles. The molecule has 0 bridgehead atoms. The molecular formula is C26H35ClN4O4. The van der Waals surface area contributed by atoms with Crippen molar-refractivity contribution in [3.63, 3.8) is 0 Å². The van der Waals surface area contributed by atoms with Gasteiger partial charge in [-0.05, 0) is 55.4 Å². The Hall–Kier alpha value is -3.26. The van der Waals surface area contributed by atoms with Crippen LogP contribution in [0.25, 0.3) is 11.1 Å². The first-order valence-electron chi connectivity index (χ1n) is 11.9. The van der Waals surface area contributed by atoms with E-state index in [1.807, 2.05) is 50.2 Å². The molecule has 0 heterocycles. The van der Waals surface area contributed by atoms with E-state index in [-0.39, 0.29) is 24.9 Å². The summed E-state index contributed by atoms with van der Waals surface area (Å²) in [6, 6.07) is 15.2. The molecule has 2 aromatic carbocycles. The Bertz CT molecular complexity index is 961. The number of fused-ring (bicyclic) bond motifs is 3. The number of rotatable bonds is 11. The molecule has 1 atom stereocenters. The third kappa shape index (κ3) is 7.62. The summed E-state index contributed by atoms with van der Waals surface area (Å²) >= 11 is 0. The minimum absolute atomic E-state index is 0. The van der Waals surface area contributed by atoms with E-state index < -0.39 is 18.1 Å². The fourth-order valence-electron chi connectivity index (χ4n) is 4.20. The van der Waals surface area contributed by atoms with E-state index in [4.69, 9.17) is 4.74 Å². The predicted molar refractivity (Wildman–Crippen MR) is 140 cm³/mol. The number of carboxylic acids is 1. The molecule has 1 aliphatic carbocycles. The largest absolute Gasteiger partial charge is 0.480 e. The van der Waals surface area contributed by atoms with Crippen LogP contribution in [0.2, 0.25) is 0 Å². The van der Waals surface area contributed by atoms with Crippen molar-refractivity contribution in [3.8, 4) is 11.1 Å². The van der Waals surface area contributed by atoms with E-state index in [0.717, 1.165) is 47.7 Å². The zero-order chi connectivity index (χ0) is 24.3. The average Bonchev–Trinajstić information content (AvgIpc) is 3.15. The van der Waals surface area contributed by atoms with Gasteiger partial charge in [0.1, 0.15) is 12.6 Å². The second-order valence-corrected chi connectivity index (χ2v) is 8.15. The zero-order valence-electron chi connectivity index (χ0n) is 20.3. The average molecular weight is 503 g/mol. The first kappa shape index (κ1) is 28.0. The van der Waals surface area contributed by atoms with Gasteiger partial charge in [-0.2, -0.15) is 0 Å². The number of aliphatic carboxylic acids is 1. The normalized spacial score (nSPS) is 12.4. The predicted octanol–water partition coefficient (Wildman–Crippen LogP) is 4.15. The molecular weight excluding hydrogens is 468 g/mol. The number of aliphatic imine (C=N–C) groups is 1. The van der Waals surface area contributed by atoms with Gasteiger partial charge >= 0.3 is 12.1 Å². The van der Waals surface area contributed by atoms with Crippen molar-refractivity contribution in [1.82, 2.24) is 16.0 Å². The highest BCUT2D eigenvalue weighted by molar-refractivity contribution is 5.85. The lowest BCUT2D eigenvalue weighted by atomic mass is 9.98. The minimum atomic E-state index is -1.07. The summed E-state index contributed by atoms with van der Waals surface area (Å²) in [5, 5.41) is 18.3. The van der Waals surface area contributed by atoms with Crippen molar-refractivity contribution in [3.05, 3.63) is 59.7 Å². The van der Waals surface area contributed by atoms with Gasteiger partial charge in [-0.3, -0.25) is 4.99 Å². The van der Waals surface area contributed by atoms with Gasteiger partial charge in [0.25, 0.3) is 0 Å². The molecule has 9 heteroatoms. The van der Waals surface area contributed by atoms with E-state index in [1.54, 1.807) is 0 Å². The monoisotopic (exact) mass is 502 g/mol. The van der Waals surface area contributed by atoms with E-state index >= 15 is 0 Å². The van der Waals surface area contributed by atoms with E-state index in [2.05, 4.69) is 33.1 Å². The van der Waals surface area contributed by atoms with Gasteiger partial charge in [0.15, 0.2) is 5.96 Å². The zero-order valence-corrected chi connectivity index (χ0v) is 21.1. The van der Waals surface area contributed by atoms with Crippen LogP contribution < -0.4 is 16.0 Å². The maximum atomic E-state index is 12.4. The number of guanidine groups is 1. The van der Waals surface area contributed by atoms with Gasteiger partial charge in [0.05, 0.1) is 0 Å². The van der Waals surface area contributed by atoms with Crippen LogP contribution in [0.5, 0.6) is 0 Å². The Morgan fingerprint density at radius 1 is 0.971 bits per heavy atom. The number of unbranched alkanes of at least 4 members (excludes halogenated alkanes) is 1. The number of halogens is 1. The van der Waals surface area contributed by atoms with Crippen molar-refractivity contribution in [1.29, 1.82) is 0 Å². The lowest BCUT2D eigenvalue weighted by Crippen LogP contribution is -2.41. The lowest BCUT2D eigenvalue weighted by molar-refractivity contribution is -0.139. The molecule has 2 aromatic rings. The summed E-state index contributed by atoms with van der Waals surface area (Å²) in [4.78, 5) is 28.5. The molecule has 1 aliphatic rings. The topological polar surface area (TPSA) is 112 Å². The molecule has 0 aromatic heterocycles. The summed E-state index contributed by atoms with van der Waals surface area (Å²) in [6.45, 7) is 6.28. The first-order chi connectivity index (χ1) is 16.5. The molecule has 1 amide bonds. The molecule has 0 unspecified atom stereocenters. The Balaban J connectivity index is 0.00000432. The second-order valence-electron chi connectivity index (χ2n) is 8.15. The number of ether oxygens (including phenoxy) is 1. The highest BCUT2D eigenvalue weighted by Gasteiger charge is 2.29. The summed E-state index contributed by atoms with van der Waals surface area (Å²) < 4.78 is 5.48. The van der Waals surface area contributed by atoms with Crippen molar-refractivity contribution < 1.29 is 19.4 Å². The summed E-state index contributed by atoms with van der Waals surface area (Å²) in [7, 11) is 0. The van der Waals surface area contributed by atoms with Crippen LogP contribution in [-0.4, -0.2) is 55.4 Å². The van der Waals surface area contributed by atoms with Crippen LogP contribution in [-0.2, 0) is 9.53 Å². The molecule has 0 saturated carbocycles. The minimum Gasteiger partial charge on any atom is -0.480 e. The maximum absolute atomic E-state index is 12.4. The van der Waals surface area contributed by atoms with Crippen molar-refractivity contribution >= 4 is 30.4 Å². The standard InChI is InChI=1S/C26H34N4O4.ClH/c1-3-27-25(28-4-2)29-16-10-9-15-23(24(31)32)30-26(33)34-17-22-20-13-7-5-11-18(20)19-12-6-8-14-21(19)22;/h5-8,11-14,22-23H,3-4,9-10,15-17H2,1-2H3,(H,30,33)(H,31,32)(H2,27,28,29);1H/t23-;/m0./s1. The smallest absolute Gasteiger partial charge is 0.407 e. The maximum Gasteiger partial charge on any atom is 0.407 e. The van der Waals surface area contributed by atoms with Gasteiger partial charge in [-0.25, -0.2) is 9.59 Å². The van der Waals surface area contributed by atoms with Gasteiger partial charge < -0.3 is 25.8 Å². The Morgan fingerprint density at radius 3 is 2.09 bits per heavy atom. The van der Waals surface area contributed by atoms with Gasteiger partial charge in [0, 0.05) is 25.6 Å². The number of alkyl carbamates (subject to hydrolysis) is 1. The molecule has 190 valence electrons. The number of hydrogen-bond donors (Lipinski definition) is 4. The fraction of sp³-hybridized carbons (Fsp3) is 0.423. The number of nitrogens with zero attached hydrogens (tertiary/aromatic N) is 1. The van der Waals surface area contributed by atoms with Crippen LogP contribution >= 0.6 is 12.4 Å². The van der Waals surface area contributed by atoms with Crippen LogP contribution in [0.15, 0.2) is 53.5 Å². The third-order valence-corrected chi connectivity index (χ3v) is 5.79. The number of nitrogens with one attached hydrogen (secondary N) is 3. The quantitative estimate of drug-likeness (QED) is 0.209. The number of carboxylic acid groups (broad SMARTS) is 1. The Kier molecular flexibility index (Phi) is 11.4. The number of hydrogen-bond acceptors (Lipinski definition) is 4. The molecule has 0 fully saturated rings. The number of benzene rings is 2. The Morgan fingerprint density at radius 2 is 1.54 bits per heavy atom. The third-order valence-electron chi connectivity index (χ3n) is 5.79. The van der Waals surface area contributed by atoms with E-state index in [0.29, 0.717) is 19.4 Å². The van der Waals surface area contributed by atoms with Crippen molar-refractivity contribution in [2.24, 2.45) is 4.99 Å². The van der Waals surface area contributed by atoms with Gasteiger partial charge in [-0.15, -0.1) is 12.4 Å². The van der Waals surface area contributed by atoms with E-state index in [9.17, 15) is 14.7 Å². The molecule has 4 N–H and O–H groups in total. The number of amides is 1. The first-order valence-corrected chi connectivity index (χ1v) is 11.9. The van der Waals surface area contributed by atoms with Gasteiger partial charge in [-0.1, -0.05) is 48.5 Å². The van der Waals surface area contributed by atoms with Crippen molar-refractivity contribution in [2.45, 2.75) is 45.1 Å². The number of carbonyl (C=O) groups excluding carboxylic acids is 1. The highest BCUT2D eigenvalue weighted by atomic mass is 35.5. The summed E-state index contributed by atoms with van der Waals surface area (Å²) in [6.07, 6.45) is 0.938. The van der Waals surface area contributed by atoms with Crippen LogP contribution in [0.4, 0.5) is 4.79 Å². The molecule has 0 spiro atoms. The molecule has 3 rings (SSSR count). The summed E-state index contributed by atoms with van der Waals surface area (Å²) in [5.74, 6) is -0.392.